The molecule has 1 aromatic heterocycles. The average molecular weight is 397 g/mol. The van der Waals surface area contributed by atoms with E-state index in [0.29, 0.717) is 22.4 Å². The first-order valence-corrected chi connectivity index (χ1v) is 9.05. The number of aryl methyl sites for hydroxylation is 1. The molecular weight excluding hydrogens is 377 g/mol. The molecular formula is C21H20FN3O4. The number of rotatable bonds is 6. The van der Waals surface area contributed by atoms with Gasteiger partial charge in [-0.1, -0.05) is 12.1 Å². The second kappa shape index (κ2) is 8.64. The number of benzene rings is 2. The number of hydrogen-bond acceptors (Lipinski definition) is 5. The van der Waals surface area contributed by atoms with Crippen LogP contribution >= 0.6 is 0 Å². The number of halogens is 1. The summed E-state index contributed by atoms with van der Waals surface area (Å²) >= 11 is 0. The van der Waals surface area contributed by atoms with Gasteiger partial charge in [0, 0.05) is 19.2 Å². The maximum Gasteiger partial charge on any atom is 0.307 e. The third-order valence-electron chi connectivity index (χ3n) is 4.42. The standard InChI is InChI=1S/C21H20FN3O4/c1-13(20(27)23-15-9-7-14(22)8-10-15)29-19(26)12-11-18-24-17-6-4-3-5-16(17)21(28)25(18)2/h3-10,13H,11-12H2,1-2H3,(H,23,27)/t13-/m0/s1. The van der Waals surface area contributed by atoms with Crippen LogP contribution in [0.15, 0.2) is 53.3 Å². The van der Waals surface area contributed by atoms with E-state index in [1.165, 1.54) is 35.8 Å². The summed E-state index contributed by atoms with van der Waals surface area (Å²) in [4.78, 5) is 41.0. The van der Waals surface area contributed by atoms with Crippen LogP contribution in [0.1, 0.15) is 19.2 Å². The number of hydrogen-bond donors (Lipinski definition) is 1. The van der Waals surface area contributed by atoms with E-state index < -0.39 is 23.8 Å². The SMILES string of the molecule is C[C@H](OC(=O)CCc1nc2ccccc2c(=O)n1C)C(=O)Nc1ccc(F)cc1. The van der Waals surface area contributed by atoms with Gasteiger partial charge in [0.1, 0.15) is 11.6 Å². The van der Waals surface area contributed by atoms with Gasteiger partial charge in [0.15, 0.2) is 6.10 Å². The van der Waals surface area contributed by atoms with Gasteiger partial charge < -0.3 is 10.1 Å². The predicted octanol–water partition coefficient (Wildman–Crippen LogP) is 2.58. The van der Waals surface area contributed by atoms with Crippen LogP contribution in [0.2, 0.25) is 0 Å². The number of fused-ring (bicyclic) bond motifs is 1. The van der Waals surface area contributed by atoms with E-state index in [1.54, 1.807) is 31.3 Å². The third-order valence-corrected chi connectivity index (χ3v) is 4.42. The van der Waals surface area contributed by atoms with Crippen molar-refractivity contribution in [2.24, 2.45) is 7.05 Å². The van der Waals surface area contributed by atoms with Crippen molar-refractivity contribution in [3.05, 3.63) is 70.5 Å². The molecule has 0 aliphatic heterocycles. The zero-order valence-electron chi connectivity index (χ0n) is 16.0. The number of anilines is 1. The van der Waals surface area contributed by atoms with E-state index in [9.17, 15) is 18.8 Å². The fourth-order valence-corrected chi connectivity index (χ4v) is 2.79. The van der Waals surface area contributed by atoms with Crippen LogP contribution in [0.5, 0.6) is 0 Å². The molecule has 0 saturated heterocycles. The maximum absolute atomic E-state index is 12.9. The third kappa shape index (κ3) is 4.84. The molecule has 29 heavy (non-hydrogen) atoms. The minimum Gasteiger partial charge on any atom is -0.453 e. The van der Waals surface area contributed by atoms with Crippen molar-refractivity contribution in [1.29, 1.82) is 0 Å². The lowest BCUT2D eigenvalue weighted by molar-refractivity contribution is -0.153. The molecule has 0 spiro atoms. The number of nitrogens with zero attached hydrogens (tertiary/aromatic N) is 2. The van der Waals surface area contributed by atoms with Gasteiger partial charge >= 0.3 is 5.97 Å². The first-order valence-electron chi connectivity index (χ1n) is 9.05. The Morgan fingerprint density at radius 2 is 1.86 bits per heavy atom. The minimum absolute atomic E-state index is 0.0349. The van der Waals surface area contributed by atoms with E-state index in [0.717, 1.165) is 0 Å². The zero-order valence-corrected chi connectivity index (χ0v) is 16.0. The average Bonchev–Trinajstić information content (AvgIpc) is 2.71. The molecule has 8 heteroatoms. The monoisotopic (exact) mass is 397 g/mol. The Kier molecular flexibility index (Phi) is 6.01. The van der Waals surface area contributed by atoms with Crippen molar-refractivity contribution in [3.63, 3.8) is 0 Å². The van der Waals surface area contributed by atoms with Crippen LogP contribution in [-0.2, 0) is 27.8 Å². The number of carbonyl (C=O) groups is 2. The number of carbonyl (C=O) groups excluding carboxylic acids is 2. The number of amides is 1. The Morgan fingerprint density at radius 1 is 1.17 bits per heavy atom. The van der Waals surface area contributed by atoms with E-state index in [-0.39, 0.29) is 18.4 Å². The molecule has 7 nitrogen and oxygen atoms in total. The van der Waals surface area contributed by atoms with Crippen molar-refractivity contribution in [2.45, 2.75) is 25.9 Å². The van der Waals surface area contributed by atoms with Gasteiger partial charge in [0.25, 0.3) is 11.5 Å². The fourth-order valence-electron chi connectivity index (χ4n) is 2.79. The largest absolute Gasteiger partial charge is 0.453 e. The summed E-state index contributed by atoms with van der Waals surface area (Å²) in [5.41, 5.74) is 0.770. The van der Waals surface area contributed by atoms with Gasteiger partial charge in [-0.2, -0.15) is 0 Å². The zero-order chi connectivity index (χ0) is 21.0. The van der Waals surface area contributed by atoms with Crippen LogP contribution in [-0.4, -0.2) is 27.5 Å². The van der Waals surface area contributed by atoms with E-state index >= 15 is 0 Å². The molecule has 3 rings (SSSR count). The lowest BCUT2D eigenvalue weighted by Crippen LogP contribution is -2.30. The van der Waals surface area contributed by atoms with E-state index in [1.807, 2.05) is 0 Å². The van der Waals surface area contributed by atoms with Crippen LogP contribution in [0.25, 0.3) is 10.9 Å². The molecule has 2 aromatic carbocycles. The molecule has 1 atom stereocenters. The van der Waals surface area contributed by atoms with Crippen LogP contribution in [0.4, 0.5) is 10.1 Å². The van der Waals surface area contributed by atoms with Crippen molar-refractivity contribution in [3.8, 4) is 0 Å². The molecule has 0 aliphatic carbocycles. The Bertz CT molecular complexity index is 1110. The Labute approximate surface area is 166 Å². The van der Waals surface area contributed by atoms with Crippen LogP contribution in [0.3, 0.4) is 0 Å². The lowest BCUT2D eigenvalue weighted by atomic mass is 10.2. The second-order valence-corrected chi connectivity index (χ2v) is 6.54. The molecule has 1 heterocycles. The summed E-state index contributed by atoms with van der Waals surface area (Å²) in [6.07, 6.45) is -0.866. The quantitative estimate of drug-likeness (QED) is 0.646. The Hall–Kier alpha value is -3.55. The number of ether oxygens (including phenoxy) is 1. The number of esters is 1. The van der Waals surface area contributed by atoms with E-state index in [4.69, 9.17) is 4.74 Å². The van der Waals surface area contributed by atoms with Gasteiger partial charge in [0.05, 0.1) is 17.3 Å². The van der Waals surface area contributed by atoms with E-state index in [2.05, 4.69) is 10.3 Å². The summed E-state index contributed by atoms with van der Waals surface area (Å²) in [6.45, 7) is 1.45. The second-order valence-electron chi connectivity index (χ2n) is 6.54. The molecule has 0 fully saturated rings. The highest BCUT2D eigenvalue weighted by Gasteiger charge is 2.19. The van der Waals surface area contributed by atoms with Gasteiger partial charge in [0.2, 0.25) is 0 Å². The van der Waals surface area contributed by atoms with Crippen molar-refractivity contribution in [1.82, 2.24) is 9.55 Å². The van der Waals surface area contributed by atoms with Crippen molar-refractivity contribution < 1.29 is 18.7 Å². The number of para-hydroxylation sites is 1. The smallest absolute Gasteiger partial charge is 0.307 e. The summed E-state index contributed by atoms with van der Waals surface area (Å²) in [6, 6.07) is 12.2. The van der Waals surface area contributed by atoms with Crippen LogP contribution < -0.4 is 10.9 Å². The molecule has 1 amide bonds. The lowest BCUT2D eigenvalue weighted by Gasteiger charge is -2.14. The topological polar surface area (TPSA) is 90.3 Å². The predicted molar refractivity (Wildman–Crippen MR) is 106 cm³/mol. The van der Waals surface area contributed by atoms with Gasteiger partial charge in [-0.05, 0) is 43.3 Å². The van der Waals surface area contributed by atoms with Crippen molar-refractivity contribution in [2.75, 3.05) is 5.32 Å². The molecule has 0 saturated carbocycles. The maximum atomic E-state index is 12.9. The molecule has 0 aliphatic rings. The van der Waals surface area contributed by atoms with Gasteiger partial charge in [-0.25, -0.2) is 9.37 Å². The first-order chi connectivity index (χ1) is 13.8. The summed E-state index contributed by atoms with van der Waals surface area (Å²) in [5, 5.41) is 3.05. The number of aromatic nitrogens is 2. The Morgan fingerprint density at radius 3 is 2.59 bits per heavy atom. The molecule has 0 bridgehead atoms. The van der Waals surface area contributed by atoms with Gasteiger partial charge in [-0.15, -0.1) is 0 Å². The molecule has 150 valence electrons. The molecule has 3 aromatic rings. The minimum atomic E-state index is -1.03. The van der Waals surface area contributed by atoms with Gasteiger partial charge in [-0.3, -0.25) is 19.0 Å². The highest BCUT2D eigenvalue weighted by Crippen LogP contribution is 2.11. The highest BCUT2D eigenvalue weighted by atomic mass is 19.1. The molecule has 1 N–H and O–H groups in total. The Balaban J connectivity index is 1.59. The first kappa shape index (κ1) is 20.2. The summed E-state index contributed by atoms with van der Waals surface area (Å²) < 4.78 is 19.5. The molecule has 0 radical (unpaired) electrons. The summed E-state index contributed by atoms with van der Waals surface area (Å²) in [5.74, 6) is -1.08. The van der Waals surface area contributed by atoms with Crippen molar-refractivity contribution >= 4 is 28.5 Å². The number of nitrogens with one attached hydrogen (secondary N) is 1. The summed E-state index contributed by atoms with van der Waals surface area (Å²) in [7, 11) is 1.60. The fraction of sp³-hybridized carbons (Fsp3) is 0.238. The normalized spacial score (nSPS) is 11.8. The highest BCUT2D eigenvalue weighted by molar-refractivity contribution is 5.95. The molecule has 0 unspecified atom stereocenters. The van der Waals surface area contributed by atoms with Crippen LogP contribution in [0, 0.1) is 5.82 Å².